The molecule has 19 heavy (non-hydrogen) atoms. The lowest BCUT2D eigenvalue weighted by Crippen LogP contribution is -2.35. The Morgan fingerprint density at radius 3 is 2.58 bits per heavy atom. The van der Waals surface area contributed by atoms with E-state index in [1.54, 1.807) is 19.4 Å². The summed E-state index contributed by atoms with van der Waals surface area (Å²) in [7, 11) is -1.52. The molecule has 6 heteroatoms. The predicted octanol–water partition coefficient (Wildman–Crippen LogP) is 0.885. The highest BCUT2D eigenvalue weighted by molar-refractivity contribution is 7.89. The van der Waals surface area contributed by atoms with Crippen LogP contribution in [0.2, 0.25) is 0 Å². The van der Waals surface area contributed by atoms with Gasteiger partial charge in [0.15, 0.2) is 0 Å². The van der Waals surface area contributed by atoms with E-state index < -0.39 is 10.0 Å². The van der Waals surface area contributed by atoms with Crippen LogP contribution in [0.25, 0.3) is 0 Å². The molecule has 0 radical (unpaired) electrons. The van der Waals surface area contributed by atoms with E-state index in [2.05, 4.69) is 17.2 Å². The summed E-state index contributed by atoms with van der Waals surface area (Å²) in [6, 6.07) is 3.81. The number of hydrogen-bond donors (Lipinski definition) is 1. The number of hydrogen-bond acceptors (Lipinski definition) is 4. The van der Waals surface area contributed by atoms with Gasteiger partial charge in [0.2, 0.25) is 10.0 Å². The Hall–Kier alpha value is -0.980. The molecule has 0 aliphatic heterocycles. The van der Waals surface area contributed by atoms with Crippen molar-refractivity contribution >= 4 is 10.0 Å². The second-order valence-electron chi connectivity index (χ2n) is 4.49. The molecule has 1 aromatic rings. The number of nitrogens with zero attached hydrogens (tertiary/aromatic N) is 2. The summed E-state index contributed by atoms with van der Waals surface area (Å²) in [6.45, 7) is 3.93. The Bertz CT molecular complexity index is 448. The molecule has 0 bridgehead atoms. The number of nitrogens with one attached hydrogen (secondary N) is 1. The SMILES string of the molecule is CCCNCCS(=O)(=O)N(C)CCc1ccncc1. The van der Waals surface area contributed by atoms with E-state index in [9.17, 15) is 8.42 Å². The van der Waals surface area contributed by atoms with Gasteiger partial charge in [0.1, 0.15) is 0 Å². The van der Waals surface area contributed by atoms with E-state index in [1.165, 1.54) is 4.31 Å². The van der Waals surface area contributed by atoms with Gasteiger partial charge in [-0.2, -0.15) is 0 Å². The van der Waals surface area contributed by atoms with Gasteiger partial charge in [-0.1, -0.05) is 6.92 Å². The molecule has 5 nitrogen and oxygen atoms in total. The van der Waals surface area contributed by atoms with Crippen LogP contribution in [0.4, 0.5) is 0 Å². The lowest BCUT2D eigenvalue weighted by atomic mass is 10.2. The van der Waals surface area contributed by atoms with Crippen LogP contribution < -0.4 is 5.32 Å². The van der Waals surface area contributed by atoms with Gasteiger partial charge in [0, 0.05) is 32.5 Å². The summed E-state index contributed by atoms with van der Waals surface area (Å²) in [6.07, 6.45) is 5.16. The summed E-state index contributed by atoms with van der Waals surface area (Å²) in [5, 5.41) is 3.11. The normalized spacial score (nSPS) is 11.9. The smallest absolute Gasteiger partial charge is 0.215 e. The maximum atomic E-state index is 12.0. The van der Waals surface area contributed by atoms with Gasteiger partial charge in [-0.15, -0.1) is 0 Å². The van der Waals surface area contributed by atoms with Crippen molar-refractivity contribution in [3.05, 3.63) is 30.1 Å². The first-order chi connectivity index (χ1) is 9.06. The molecular weight excluding hydrogens is 262 g/mol. The zero-order valence-corrected chi connectivity index (χ0v) is 12.5. The summed E-state index contributed by atoms with van der Waals surface area (Å²) in [5.74, 6) is 0.153. The zero-order chi connectivity index (χ0) is 14.1. The van der Waals surface area contributed by atoms with Crippen LogP contribution in [0.1, 0.15) is 18.9 Å². The second-order valence-corrected chi connectivity index (χ2v) is 6.69. The molecule has 1 heterocycles. The second kappa shape index (κ2) is 8.24. The van der Waals surface area contributed by atoms with E-state index in [0.29, 0.717) is 19.5 Å². The highest BCUT2D eigenvalue weighted by Gasteiger charge is 2.16. The number of aromatic nitrogens is 1. The number of rotatable bonds is 9. The monoisotopic (exact) mass is 285 g/mol. The maximum absolute atomic E-state index is 12.0. The van der Waals surface area contributed by atoms with Gasteiger partial charge < -0.3 is 5.32 Å². The fraction of sp³-hybridized carbons (Fsp3) is 0.615. The molecule has 1 aromatic heterocycles. The van der Waals surface area contributed by atoms with Crippen LogP contribution in [-0.4, -0.2) is 50.1 Å². The highest BCUT2D eigenvalue weighted by atomic mass is 32.2. The third-order valence-corrected chi connectivity index (χ3v) is 4.76. The topological polar surface area (TPSA) is 62.3 Å². The van der Waals surface area contributed by atoms with Gasteiger partial charge in [0.25, 0.3) is 0 Å². The fourth-order valence-electron chi connectivity index (χ4n) is 1.63. The Labute approximate surface area is 116 Å². The number of likely N-dealkylation sites (N-methyl/N-ethyl adjacent to an activating group) is 1. The third kappa shape index (κ3) is 6.13. The molecule has 0 aliphatic carbocycles. The summed E-state index contributed by atoms with van der Waals surface area (Å²) < 4.78 is 25.4. The van der Waals surface area contributed by atoms with Gasteiger partial charge >= 0.3 is 0 Å². The van der Waals surface area contributed by atoms with Crippen molar-refractivity contribution in [1.82, 2.24) is 14.6 Å². The molecule has 0 spiro atoms. The molecule has 0 fully saturated rings. The van der Waals surface area contributed by atoms with Crippen molar-refractivity contribution in [2.24, 2.45) is 0 Å². The minimum absolute atomic E-state index is 0.153. The molecular formula is C13H23N3O2S. The molecule has 0 unspecified atom stereocenters. The molecule has 1 rings (SSSR count). The molecule has 0 aromatic carbocycles. The molecule has 108 valence electrons. The molecule has 0 aliphatic rings. The number of sulfonamides is 1. The standard InChI is InChI=1S/C13H23N3O2S/c1-3-7-14-10-12-19(17,18)16(2)11-6-13-4-8-15-9-5-13/h4-5,8-9,14H,3,6-7,10-12H2,1-2H3. The van der Waals surface area contributed by atoms with Gasteiger partial charge in [0.05, 0.1) is 5.75 Å². The molecule has 0 atom stereocenters. The van der Waals surface area contributed by atoms with Crippen LogP contribution in [0.3, 0.4) is 0 Å². The van der Waals surface area contributed by atoms with Crippen LogP contribution >= 0.6 is 0 Å². The predicted molar refractivity (Wildman–Crippen MR) is 77.5 cm³/mol. The van der Waals surface area contributed by atoms with Crippen LogP contribution in [0, 0.1) is 0 Å². The van der Waals surface area contributed by atoms with Gasteiger partial charge in [-0.25, -0.2) is 12.7 Å². The van der Waals surface area contributed by atoms with E-state index in [0.717, 1.165) is 18.5 Å². The Balaban J connectivity index is 2.37. The average molecular weight is 285 g/mol. The Morgan fingerprint density at radius 2 is 1.95 bits per heavy atom. The van der Waals surface area contributed by atoms with Crippen molar-refractivity contribution in [2.45, 2.75) is 19.8 Å². The molecule has 0 saturated carbocycles. The first kappa shape index (κ1) is 16.1. The minimum Gasteiger partial charge on any atom is -0.316 e. The van der Waals surface area contributed by atoms with Crippen LogP contribution in [0.5, 0.6) is 0 Å². The van der Waals surface area contributed by atoms with E-state index in [1.807, 2.05) is 12.1 Å². The van der Waals surface area contributed by atoms with Crippen LogP contribution in [-0.2, 0) is 16.4 Å². The fourth-order valence-corrected chi connectivity index (χ4v) is 2.72. The third-order valence-electron chi connectivity index (χ3n) is 2.90. The van der Waals surface area contributed by atoms with Crippen molar-refractivity contribution in [3.63, 3.8) is 0 Å². The van der Waals surface area contributed by atoms with Gasteiger partial charge in [-0.05, 0) is 37.1 Å². The van der Waals surface area contributed by atoms with E-state index in [-0.39, 0.29) is 5.75 Å². The summed E-state index contributed by atoms with van der Waals surface area (Å²) in [5.41, 5.74) is 1.10. The zero-order valence-electron chi connectivity index (χ0n) is 11.7. The molecule has 1 N–H and O–H groups in total. The maximum Gasteiger partial charge on any atom is 0.215 e. The van der Waals surface area contributed by atoms with Crippen molar-refractivity contribution in [3.8, 4) is 0 Å². The van der Waals surface area contributed by atoms with E-state index >= 15 is 0 Å². The largest absolute Gasteiger partial charge is 0.316 e. The average Bonchev–Trinajstić information content (AvgIpc) is 2.42. The summed E-state index contributed by atoms with van der Waals surface area (Å²) in [4.78, 5) is 3.94. The number of pyridine rings is 1. The quantitative estimate of drug-likeness (QED) is 0.684. The minimum atomic E-state index is -3.16. The highest BCUT2D eigenvalue weighted by Crippen LogP contribution is 2.03. The lowest BCUT2D eigenvalue weighted by molar-refractivity contribution is 0.470. The lowest BCUT2D eigenvalue weighted by Gasteiger charge is -2.17. The Morgan fingerprint density at radius 1 is 1.26 bits per heavy atom. The first-order valence-electron chi connectivity index (χ1n) is 6.60. The van der Waals surface area contributed by atoms with Crippen molar-refractivity contribution < 1.29 is 8.42 Å². The van der Waals surface area contributed by atoms with Crippen molar-refractivity contribution in [1.29, 1.82) is 0 Å². The molecule has 0 amide bonds. The molecule has 0 saturated heterocycles. The van der Waals surface area contributed by atoms with E-state index in [4.69, 9.17) is 0 Å². The van der Waals surface area contributed by atoms with Crippen LogP contribution in [0.15, 0.2) is 24.5 Å². The summed E-state index contributed by atoms with van der Waals surface area (Å²) >= 11 is 0. The first-order valence-corrected chi connectivity index (χ1v) is 8.21. The van der Waals surface area contributed by atoms with Gasteiger partial charge in [-0.3, -0.25) is 4.98 Å². The Kier molecular flexibility index (Phi) is 6.97. The van der Waals surface area contributed by atoms with Crippen molar-refractivity contribution in [2.75, 3.05) is 32.4 Å².